The number of aryl methyl sites for hydroxylation is 2. The van der Waals surface area contributed by atoms with Gasteiger partial charge in [-0.05, 0) is 50.3 Å². The largest absolute Gasteiger partial charge is 0.378 e. The number of imidazole rings is 1. The third kappa shape index (κ3) is 3.11. The average molecular weight is 287 g/mol. The van der Waals surface area contributed by atoms with Gasteiger partial charge in [-0.25, -0.2) is 4.98 Å². The van der Waals surface area contributed by atoms with E-state index in [1.165, 1.54) is 30.6 Å². The number of fused-ring (bicyclic) bond motifs is 1. The molecule has 0 bridgehead atoms. The van der Waals surface area contributed by atoms with Crippen molar-refractivity contribution in [2.45, 2.75) is 58.2 Å². The lowest BCUT2D eigenvalue weighted by atomic mass is 10.0. The molecule has 4 heteroatoms. The summed E-state index contributed by atoms with van der Waals surface area (Å²) in [5.74, 6) is 1.18. The van der Waals surface area contributed by atoms with Crippen LogP contribution in [0.1, 0.15) is 44.0 Å². The first-order valence-electron chi connectivity index (χ1n) is 8.11. The molecule has 4 nitrogen and oxygen atoms in total. The third-order valence-electron chi connectivity index (χ3n) is 4.41. The van der Waals surface area contributed by atoms with Crippen molar-refractivity contribution in [1.29, 1.82) is 0 Å². The number of rotatable bonds is 5. The predicted octanol–water partition coefficient (Wildman–Crippen LogP) is 3.02. The number of nitrogens with two attached hydrogens (primary N) is 1. The molecule has 2 heterocycles. The highest BCUT2D eigenvalue weighted by Gasteiger charge is 2.16. The van der Waals surface area contributed by atoms with Crippen LogP contribution in [0.5, 0.6) is 0 Å². The number of hydrogen-bond donors (Lipinski definition) is 1. The van der Waals surface area contributed by atoms with Crippen molar-refractivity contribution in [2.75, 3.05) is 6.61 Å². The maximum Gasteiger partial charge on any atom is 0.109 e. The molecule has 0 aliphatic carbocycles. The van der Waals surface area contributed by atoms with Crippen LogP contribution in [0.3, 0.4) is 0 Å². The quantitative estimate of drug-likeness (QED) is 0.919. The number of benzene rings is 1. The zero-order chi connectivity index (χ0) is 14.7. The molecule has 21 heavy (non-hydrogen) atoms. The molecular weight excluding hydrogens is 262 g/mol. The van der Waals surface area contributed by atoms with Gasteiger partial charge in [0.15, 0.2) is 0 Å². The monoisotopic (exact) mass is 287 g/mol. The highest BCUT2D eigenvalue weighted by atomic mass is 16.5. The summed E-state index contributed by atoms with van der Waals surface area (Å²) in [5, 5.41) is 0. The summed E-state index contributed by atoms with van der Waals surface area (Å²) in [6.45, 7) is 4.63. The van der Waals surface area contributed by atoms with Crippen molar-refractivity contribution in [1.82, 2.24) is 9.55 Å². The lowest BCUT2D eigenvalue weighted by molar-refractivity contribution is 0.0111. The molecular formula is C17H25N3O. The molecule has 2 N–H and O–H groups in total. The van der Waals surface area contributed by atoms with E-state index in [1.807, 2.05) is 0 Å². The van der Waals surface area contributed by atoms with Crippen LogP contribution < -0.4 is 5.73 Å². The maximum absolute atomic E-state index is 5.83. The zero-order valence-corrected chi connectivity index (χ0v) is 12.8. The van der Waals surface area contributed by atoms with E-state index in [0.29, 0.717) is 12.6 Å². The summed E-state index contributed by atoms with van der Waals surface area (Å²) in [5.41, 5.74) is 9.15. The van der Waals surface area contributed by atoms with Gasteiger partial charge in [-0.2, -0.15) is 0 Å². The van der Waals surface area contributed by atoms with Crippen molar-refractivity contribution in [2.24, 2.45) is 5.73 Å². The van der Waals surface area contributed by atoms with E-state index in [4.69, 9.17) is 15.5 Å². The number of nitrogens with zero attached hydrogens (tertiary/aromatic N) is 2. The maximum atomic E-state index is 5.83. The summed E-state index contributed by atoms with van der Waals surface area (Å²) >= 11 is 0. The van der Waals surface area contributed by atoms with Crippen molar-refractivity contribution in [3.63, 3.8) is 0 Å². The van der Waals surface area contributed by atoms with E-state index < -0.39 is 0 Å². The molecule has 0 amide bonds. The average Bonchev–Trinajstić information content (AvgIpc) is 2.90. The predicted molar refractivity (Wildman–Crippen MR) is 85.2 cm³/mol. The van der Waals surface area contributed by atoms with Gasteiger partial charge in [0.25, 0.3) is 0 Å². The fraction of sp³-hybridized carbons (Fsp3) is 0.588. The second-order valence-corrected chi connectivity index (χ2v) is 5.83. The number of hydrogen-bond acceptors (Lipinski definition) is 3. The van der Waals surface area contributed by atoms with E-state index in [2.05, 4.69) is 29.7 Å². The molecule has 1 atom stereocenters. The van der Waals surface area contributed by atoms with E-state index in [-0.39, 0.29) is 0 Å². The SMILES string of the molecule is CCn1c(CCC2CCCCO2)nc2cc(CN)ccc21. The van der Waals surface area contributed by atoms with Crippen molar-refractivity contribution < 1.29 is 4.74 Å². The second-order valence-electron chi connectivity index (χ2n) is 5.83. The topological polar surface area (TPSA) is 53.1 Å². The van der Waals surface area contributed by atoms with Crippen molar-refractivity contribution in [3.8, 4) is 0 Å². The summed E-state index contributed by atoms with van der Waals surface area (Å²) in [6.07, 6.45) is 6.20. The van der Waals surface area contributed by atoms with Crippen LogP contribution in [0, 0.1) is 0 Å². The minimum Gasteiger partial charge on any atom is -0.378 e. The van der Waals surface area contributed by atoms with Gasteiger partial charge in [0.2, 0.25) is 0 Å². The van der Waals surface area contributed by atoms with Gasteiger partial charge in [-0.15, -0.1) is 0 Å². The molecule has 0 radical (unpaired) electrons. The van der Waals surface area contributed by atoms with Crippen LogP contribution in [0.4, 0.5) is 0 Å². The highest BCUT2D eigenvalue weighted by Crippen LogP contribution is 2.22. The van der Waals surface area contributed by atoms with E-state index in [1.54, 1.807) is 0 Å². The Labute approximate surface area is 126 Å². The molecule has 1 aromatic heterocycles. The summed E-state index contributed by atoms with van der Waals surface area (Å²) in [6, 6.07) is 6.36. The molecule has 0 spiro atoms. The molecule has 1 aliphatic heterocycles. The molecule has 1 saturated heterocycles. The van der Waals surface area contributed by atoms with E-state index in [9.17, 15) is 0 Å². The van der Waals surface area contributed by atoms with Crippen molar-refractivity contribution in [3.05, 3.63) is 29.6 Å². The Morgan fingerprint density at radius 2 is 2.29 bits per heavy atom. The second kappa shape index (κ2) is 6.58. The molecule has 1 unspecified atom stereocenters. The van der Waals surface area contributed by atoms with Gasteiger partial charge in [0.1, 0.15) is 5.82 Å². The minimum atomic E-state index is 0.420. The lowest BCUT2D eigenvalue weighted by Gasteiger charge is -2.22. The molecule has 1 fully saturated rings. The molecule has 1 aromatic carbocycles. The van der Waals surface area contributed by atoms with Gasteiger partial charge >= 0.3 is 0 Å². The Bertz CT molecular complexity index is 599. The van der Waals surface area contributed by atoms with Gasteiger partial charge in [0.05, 0.1) is 17.1 Å². The Balaban J connectivity index is 1.80. The first-order chi connectivity index (χ1) is 10.3. The van der Waals surface area contributed by atoms with Crippen LogP contribution in [-0.4, -0.2) is 22.3 Å². The lowest BCUT2D eigenvalue weighted by Crippen LogP contribution is -2.20. The van der Waals surface area contributed by atoms with E-state index >= 15 is 0 Å². The van der Waals surface area contributed by atoms with E-state index in [0.717, 1.165) is 37.1 Å². The first-order valence-corrected chi connectivity index (χ1v) is 8.11. The van der Waals surface area contributed by atoms with Crippen LogP contribution in [-0.2, 0) is 24.2 Å². The van der Waals surface area contributed by atoms with Crippen LogP contribution in [0.25, 0.3) is 11.0 Å². The Hall–Kier alpha value is -1.39. The Morgan fingerprint density at radius 1 is 1.38 bits per heavy atom. The minimum absolute atomic E-state index is 0.420. The van der Waals surface area contributed by atoms with Crippen LogP contribution in [0.2, 0.25) is 0 Å². The molecule has 1 aliphatic rings. The Kier molecular flexibility index (Phi) is 4.56. The first kappa shape index (κ1) is 14.5. The number of aromatic nitrogens is 2. The smallest absolute Gasteiger partial charge is 0.109 e. The molecule has 2 aromatic rings. The fourth-order valence-corrected chi connectivity index (χ4v) is 3.22. The van der Waals surface area contributed by atoms with Gasteiger partial charge < -0.3 is 15.0 Å². The molecule has 3 rings (SSSR count). The van der Waals surface area contributed by atoms with Crippen LogP contribution in [0.15, 0.2) is 18.2 Å². The normalized spacial score (nSPS) is 19.2. The number of ether oxygens (including phenoxy) is 1. The third-order valence-corrected chi connectivity index (χ3v) is 4.41. The summed E-state index contributed by atoms with van der Waals surface area (Å²) in [7, 11) is 0. The summed E-state index contributed by atoms with van der Waals surface area (Å²) in [4.78, 5) is 4.83. The van der Waals surface area contributed by atoms with Crippen LogP contribution >= 0.6 is 0 Å². The Morgan fingerprint density at radius 3 is 3.00 bits per heavy atom. The van der Waals surface area contributed by atoms with Gasteiger partial charge in [-0.3, -0.25) is 0 Å². The highest BCUT2D eigenvalue weighted by molar-refractivity contribution is 5.77. The standard InChI is InChI=1S/C17H25N3O/c1-2-20-16-8-6-13(12-18)11-15(16)19-17(20)9-7-14-5-3-4-10-21-14/h6,8,11,14H,2-5,7,9-10,12,18H2,1H3. The van der Waals surface area contributed by atoms with Crippen molar-refractivity contribution >= 4 is 11.0 Å². The summed E-state index contributed by atoms with van der Waals surface area (Å²) < 4.78 is 8.15. The molecule has 0 saturated carbocycles. The fourth-order valence-electron chi connectivity index (χ4n) is 3.22. The van der Waals surface area contributed by atoms with Gasteiger partial charge in [0, 0.05) is 26.1 Å². The zero-order valence-electron chi connectivity index (χ0n) is 12.8. The molecule has 114 valence electrons. The van der Waals surface area contributed by atoms with Gasteiger partial charge in [-0.1, -0.05) is 6.07 Å².